The molecule has 0 saturated carbocycles. The summed E-state index contributed by atoms with van der Waals surface area (Å²) in [7, 11) is 0. The van der Waals surface area contributed by atoms with Gasteiger partial charge in [-0.25, -0.2) is 0 Å². The molecule has 0 bridgehead atoms. The van der Waals surface area contributed by atoms with Crippen LogP contribution in [0.1, 0.15) is 11.1 Å². The van der Waals surface area contributed by atoms with E-state index in [1.54, 1.807) is 12.4 Å². The molecule has 0 saturated heterocycles. The second-order valence-electron chi connectivity index (χ2n) is 3.61. The lowest BCUT2D eigenvalue weighted by molar-refractivity contribution is 0.744. The molecule has 0 amide bonds. The molecule has 1 radical (unpaired) electrons. The highest BCUT2D eigenvalue weighted by atomic mass is 15.3. The zero-order valence-corrected chi connectivity index (χ0v) is 9.50. The van der Waals surface area contributed by atoms with Crippen molar-refractivity contribution in [3.8, 4) is 0 Å². The second-order valence-corrected chi connectivity index (χ2v) is 3.61. The van der Waals surface area contributed by atoms with E-state index in [9.17, 15) is 0 Å². The molecule has 2 aromatic rings. The lowest BCUT2D eigenvalue weighted by atomic mass is 10.1. The molecule has 2 rings (SSSR count). The van der Waals surface area contributed by atoms with Gasteiger partial charge in [-0.05, 0) is 30.2 Å². The third kappa shape index (κ3) is 3.41. The second kappa shape index (κ2) is 5.80. The first-order valence-electron chi connectivity index (χ1n) is 5.43. The van der Waals surface area contributed by atoms with Gasteiger partial charge in [0.25, 0.3) is 0 Å². The Morgan fingerprint density at radius 3 is 2.53 bits per heavy atom. The maximum Gasteiger partial charge on any atom is 0.0679 e. The zero-order chi connectivity index (χ0) is 11.9. The van der Waals surface area contributed by atoms with E-state index in [-0.39, 0.29) is 0 Å². The van der Waals surface area contributed by atoms with E-state index < -0.39 is 0 Å². The summed E-state index contributed by atoms with van der Waals surface area (Å²) >= 11 is 0. The summed E-state index contributed by atoms with van der Waals surface area (Å²) in [6.07, 6.45) is 3.53. The molecule has 0 fully saturated rings. The molecule has 3 nitrogen and oxygen atoms in total. The van der Waals surface area contributed by atoms with Crippen molar-refractivity contribution in [1.29, 1.82) is 0 Å². The number of aromatic nitrogens is 1. The lowest BCUT2D eigenvalue weighted by Gasteiger charge is -2.03. The van der Waals surface area contributed by atoms with Crippen LogP contribution in [0.4, 0.5) is 0 Å². The van der Waals surface area contributed by atoms with Crippen LogP contribution in [-0.4, -0.2) is 10.7 Å². The fourth-order valence-electron chi connectivity index (χ4n) is 1.42. The van der Waals surface area contributed by atoms with Crippen LogP contribution >= 0.6 is 0 Å². The van der Waals surface area contributed by atoms with Gasteiger partial charge in [0.2, 0.25) is 0 Å². The smallest absolute Gasteiger partial charge is 0.0679 e. The third-order valence-electron chi connectivity index (χ3n) is 2.35. The molecular formula is C14H14N3. The van der Waals surface area contributed by atoms with E-state index in [0.29, 0.717) is 6.54 Å². The van der Waals surface area contributed by atoms with Crippen molar-refractivity contribution in [3.05, 3.63) is 72.9 Å². The van der Waals surface area contributed by atoms with Crippen LogP contribution in [0.3, 0.4) is 0 Å². The van der Waals surface area contributed by atoms with Crippen molar-refractivity contribution < 1.29 is 0 Å². The highest BCUT2D eigenvalue weighted by molar-refractivity contribution is 6.03. The summed E-state index contributed by atoms with van der Waals surface area (Å²) in [6, 6.07) is 13.8. The lowest BCUT2D eigenvalue weighted by Crippen LogP contribution is -2.09. The van der Waals surface area contributed by atoms with Crippen molar-refractivity contribution in [3.63, 3.8) is 0 Å². The summed E-state index contributed by atoms with van der Waals surface area (Å²) in [5.74, 6) is 0. The van der Waals surface area contributed by atoms with Crippen LogP contribution in [-0.2, 0) is 6.54 Å². The summed E-state index contributed by atoms with van der Waals surface area (Å²) in [5, 5.41) is 4.22. The number of pyridine rings is 1. The Balaban J connectivity index is 1.93. The number of benzene rings is 1. The minimum Gasteiger partial charge on any atom is -0.305 e. The Morgan fingerprint density at radius 2 is 1.82 bits per heavy atom. The number of hydrogen-bond acceptors (Lipinski definition) is 3. The van der Waals surface area contributed by atoms with E-state index in [0.717, 1.165) is 16.8 Å². The van der Waals surface area contributed by atoms with Gasteiger partial charge in [-0.1, -0.05) is 30.3 Å². The fraction of sp³-hybridized carbons (Fsp3) is 0.0714. The summed E-state index contributed by atoms with van der Waals surface area (Å²) in [4.78, 5) is 3.96. The highest BCUT2D eigenvalue weighted by Gasteiger charge is 1.95. The maximum atomic E-state index is 4.22. The average molecular weight is 224 g/mol. The van der Waals surface area contributed by atoms with Crippen molar-refractivity contribution >= 4 is 5.71 Å². The first-order chi connectivity index (χ1) is 8.36. The van der Waals surface area contributed by atoms with Gasteiger partial charge in [0, 0.05) is 12.4 Å². The van der Waals surface area contributed by atoms with Gasteiger partial charge in [0.1, 0.15) is 0 Å². The zero-order valence-electron chi connectivity index (χ0n) is 9.50. The third-order valence-corrected chi connectivity index (χ3v) is 2.35. The molecular weight excluding hydrogens is 210 g/mol. The van der Waals surface area contributed by atoms with Gasteiger partial charge in [0.05, 0.1) is 12.3 Å². The minimum absolute atomic E-state index is 0.675. The van der Waals surface area contributed by atoms with E-state index in [1.807, 2.05) is 42.5 Å². The molecule has 1 aromatic heterocycles. The van der Waals surface area contributed by atoms with Crippen molar-refractivity contribution in [2.45, 2.75) is 6.54 Å². The first kappa shape index (κ1) is 11.3. The molecule has 0 aliphatic rings. The average Bonchev–Trinajstić information content (AvgIpc) is 2.41. The predicted octanol–water partition coefficient (Wildman–Crippen LogP) is 2.41. The Bertz CT molecular complexity index is 477. The molecule has 0 aliphatic carbocycles. The molecule has 3 heteroatoms. The molecule has 1 heterocycles. The highest BCUT2D eigenvalue weighted by Crippen LogP contribution is 2.00. The standard InChI is InChI=1S/C14H14N3/c1-12(14-5-3-2-4-6-14)17-16-11-13-7-9-15-10-8-13/h2-10,16H,1,11H2. The van der Waals surface area contributed by atoms with Crippen LogP contribution in [0.25, 0.3) is 0 Å². The largest absolute Gasteiger partial charge is 0.305 e. The van der Waals surface area contributed by atoms with Crippen molar-refractivity contribution in [2.75, 3.05) is 0 Å². The number of rotatable bonds is 4. The normalized spacial score (nSPS) is 11.2. The SMILES string of the molecule is [CH2]C(=NNCc1ccncc1)c1ccccc1. The molecule has 17 heavy (non-hydrogen) atoms. The van der Waals surface area contributed by atoms with Crippen LogP contribution in [0.15, 0.2) is 60.0 Å². The Kier molecular flexibility index (Phi) is 3.86. The molecule has 1 aromatic carbocycles. The molecule has 1 N–H and O–H groups in total. The monoisotopic (exact) mass is 224 g/mol. The summed E-state index contributed by atoms with van der Waals surface area (Å²) in [5.41, 5.74) is 5.90. The first-order valence-corrected chi connectivity index (χ1v) is 5.43. The summed E-state index contributed by atoms with van der Waals surface area (Å²) < 4.78 is 0. The van der Waals surface area contributed by atoms with Gasteiger partial charge in [-0.3, -0.25) is 4.98 Å². The van der Waals surface area contributed by atoms with E-state index >= 15 is 0 Å². The van der Waals surface area contributed by atoms with E-state index in [1.165, 1.54) is 0 Å². The van der Waals surface area contributed by atoms with Crippen LogP contribution in [0.5, 0.6) is 0 Å². The van der Waals surface area contributed by atoms with Crippen LogP contribution in [0, 0.1) is 6.92 Å². The van der Waals surface area contributed by atoms with Crippen LogP contribution in [0.2, 0.25) is 0 Å². The fourth-order valence-corrected chi connectivity index (χ4v) is 1.42. The van der Waals surface area contributed by atoms with Crippen LogP contribution < -0.4 is 5.43 Å². The maximum absolute atomic E-state index is 4.22. The van der Waals surface area contributed by atoms with Gasteiger partial charge < -0.3 is 5.43 Å². The summed E-state index contributed by atoms with van der Waals surface area (Å²) in [6.45, 7) is 4.59. The van der Waals surface area contributed by atoms with Gasteiger partial charge in [0.15, 0.2) is 0 Å². The van der Waals surface area contributed by atoms with E-state index in [4.69, 9.17) is 0 Å². The van der Waals surface area contributed by atoms with E-state index in [2.05, 4.69) is 22.4 Å². The Labute approximate surface area is 101 Å². The number of hydrazone groups is 1. The van der Waals surface area contributed by atoms with Crippen molar-refractivity contribution in [1.82, 2.24) is 10.4 Å². The molecule has 0 unspecified atom stereocenters. The Morgan fingerprint density at radius 1 is 1.12 bits per heavy atom. The number of hydrogen-bond donors (Lipinski definition) is 1. The predicted molar refractivity (Wildman–Crippen MR) is 69.4 cm³/mol. The number of nitrogens with one attached hydrogen (secondary N) is 1. The van der Waals surface area contributed by atoms with Gasteiger partial charge in [-0.2, -0.15) is 5.10 Å². The molecule has 0 aliphatic heterocycles. The molecule has 0 spiro atoms. The topological polar surface area (TPSA) is 37.3 Å². The van der Waals surface area contributed by atoms with Gasteiger partial charge in [-0.15, -0.1) is 0 Å². The molecule has 85 valence electrons. The molecule has 0 atom stereocenters. The van der Waals surface area contributed by atoms with Crippen molar-refractivity contribution in [2.24, 2.45) is 5.10 Å². The number of nitrogens with zero attached hydrogens (tertiary/aromatic N) is 2. The quantitative estimate of drug-likeness (QED) is 0.639. The van der Waals surface area contributed by atoms with Gasteiger partial charge >= 0.3 is 0 Å². The Hall–Kier alpha value is -2.16. The minimum atomic E-state index is 0.675.